The van der Waals surface area contributed by atoms with Gasteiger partial charge in [0.05, 0.1) is 32.7 Å². The Morgan fingerprint density at radius 2 is 2.12 bits per heavy atom. The van der Waals surface area contributed by atoms with Crippen LogP contribution in [0, 0.1) is 0 Å². The first-order valence-corrected chi connectivity index (χ1v) is 9.35. The molecule has 25 heavy (non-hydrogen) atoms. The molecule has 0 bridgehead atoms. The van der Waals surface area contributed by atoms with Gasteiger partial charge in [-0.2, -0.15) is 0 Å². The zero-order chi connectivity index (χ0) is 17.3. The third-order valence-corrected chi connectivity index (χ3v) is 4.54. The van der Waals surface area contributed by atoms with Crippen molar-refractivity contribution in [2.45, 2.75) is 32.7 Å². The average molecular weight is 343 g/mol. The highest BCUT2D eigenvalue weighted by molar-refractivity contribution is 5.37. The van der Waals surface area contributed by atoms with Crippen molar-refractivity contribution in [1.82, 2.24) is 14.5 Å². The molecular weight excluding hydrogens is 314 g/mol. The lowest BCUT2D eigenvalue weighted by Gasteiger charge is -2.26. The second kappa shape index (κ2) is 9.59. The van der Waals surface area contributed by atoms with E-state index in [1.54, 1.807) is 0 Å². The molecule has 2 aromatic rings. The minimum absolute atomic E-state index is 0.757. The molecule has 5 heteroatoms. The molecule has 3 rings (SSSR count). The highest BCUT2D eigenvalue weighted by Crippen LogP contribution is 2.22. The molecule has 1 fully saturated rings. The molecule has 0 saturated carbocycles. The maximum absolute atomic E-state index is 5.93. The molecule has 136 valence electrons. The first kappa shape index (κ1) is 18.0. The van der Waals surface area contributed by atoms with Gasteiger partial charge in [-0.15, -0.1) is 0 Å². The summed E-state index contributed by atoms with van der Waals surface area (Å²) < 4.78 is 13.4. The second-order valence-corrected chi connectivity index (χ2v) is 6.58. The quantitative estimate of drug-likeness (QED) is 0.702. The van der Waals surface area contributed by atoms with Crippen molar-refractivity contribution in [3.05, 3.63) is 48.0 Å². The Hall–Kier alpha value is -1.85. The number of hydrogen-bond acceptors (Lipinski definition) is 4. The summed E-state index contributed by atoms with van der Waals surface area (Å²) in [5, 5.41) is 0. The lowest BCUT2D eigenvalue weighted by molar-refractivity contribution is 0.0374. The van der Waals surface area contributed by atoms with Crippen molar-refractivity contribution < 1.29 is 9.47 Å². The summed E-state index contributed by atoms with van der Waals surface area (Å²) in [5.41, 5.74) is 2.61. The Kier molecular flexibility index (Phi) is 6.89. The number of morpholine rings is 1. The Labute approximate surface area is 150 Å². The zero-order valence-corrected chi connectivity index (χ0v) is 15.2. The molecular formula is C20H29N3O2. The molecule has 0 N–H and O–H groups in total. The molecule has 1 aromatic heterocycles. The van der Waals surface area contributed by atoms with E-state index in [1.165, 1.54) is 17.5 Å². The van der Waals surface area contributed by atoms with Crippen LogP contribution in [0.3, 0.4) is 0 Å². The van der Waals surface area contributed by atoms with Crippen LogP contribution < -0.4 is 4.74 Å². The van der Waals surface area contributed by atoms with Crippen molar-refractivity contribution in [3.63, 3.8) is 0 Å². The van der Waals surface area contributed by atoms with E-state index >= 15 is 0 Å². The predicted molar refractivity (Wildman–Crippen MR) is 99.1 cm³/mol. The Balaban J connectivity index is 1.60. The van der Waals surface area contributed by atoms with Crippen LogP contribution >= 0.6 is 0 Å². The number of rotatable bonds is 9. The van der Waals surface area contributed by atoms with E-state index in [0.717, 1.165) is 64.6 Å². The summed E-state index contributed by atoms with van der Waals surface area (Å²) in [7, 11) is 0. The molecule has 0 spiro atoms. The van der Waals surface area contributed by atoms with Crippen molar-refractivity contribution in [1.29, 1.82) is 0 Å². The smallest absolute Gasteiger partial charge is 0.124 e. The summed E-state index contributed by atoms with van der Waals surface area (Å²) in [6, 6.07) is 6.64. The molecule has 1 aliphatic heterocycles. The zero-order valence-electron chi connectivity index (χ0n) is 15.2. The number of hydrogen-bond donors (Lipinski definition) is 0. The van der Waals surface area contributed by atoms with Gasteiger partial charge >= 0.3 is 0 Å². The van der Waals surface area contributed by atoms with Gasteiger partial charge in [0, 0.05) is 31.0 Å². The number of benzene rings is 1. The molecule has 1 aromatic carbocycles. The summed E-state index contributed by atoms with van der Waals surface area (Å²) in [6.07, 6.45) is 8.97. The van der Waals surface area contributed by atoms with Gasteiger partial charge in [0.25, 0.3) is 0 Å². The monoisotopic (exact) mass is 343 g/mol. The van der Waals surface area contributed by atoms with Crippen LogP contribution in [0.5, 0.6) is 5.75 Å². The first-order chi connectivity index (χ1) is 12.3. The number of ether oxygens (including phenoxy) is 2. The van der Waals surface area contributed by atoms with Crippen molar-refractivity contribution in [2.24, 2.45) is 0 Å². The van der Waals surface area contributed by atoms with Gasteiger partial charge < -0.3 is 14.0 Å². The van der Waals surface area contributed by atoms with Gasteiger partial charge in [0.15, 0.2) is 0 Å². The van der Waals surface area contributed by atoms with E-state index in [0.29, 0.717) is 0 Å². The van der Waals surface area contributed by atoms with E-state index in [4.69, 9.17) is 9.47 Å². The molecule has 5 nitrogen and oxygen atoms in total. The van der Waals surface area contributed by atoms with Crippen LogP contribution in [0.15, 0.2) is 36.9 Å². The molecule has 0 aliphatic carbocycles. The maximum atomic E-state index is 5.93. The van der Waals surface area contributed by atoms with Gasteiger partial charge in [-0.1, -0.05) is 19.1 Å². The standard InChI is InChI=1S/C20H29N3O2/c1-2-12-25-20-6-5-18(4-3-8-22-10-13-24-14-11-22)15-19(20)16-23-9-7-21-17-23/h5-7,9,15,17H,2-4,8,10-14,16H2,1H3. The van der Waals surface area contributed by atoms with Gasteiger partial charge in [-0.25, -0.2) is 4.98 Å². The van der Waals surface area contributed by atoms with Gasteiger partial charge in [0.1, 0.15) is 5.75 Å². The molecule has 0 unspecified atom stereocenters. The van der Waals surface area contributed by atoms with Gasteiger partial charge in [-0.3, -0.25) is 4.90 Å². The highest BCUT2D eigenvalue weighted by atomic mass is 16.5. The van der Waals surface area contributed by atoms with Crippen LogP contribution in [0.25, 0.3) is 0 Å². The van der Waals surface area contributed by atoms with E-state index < -0.39 is 0 Å². The molecule has 0 amide bonds. The fourth-order valence-corrected chi connectivity index (χ4v) is 3.17. The molecule has 1 saturated heterocycles. The molecule has 1 aliphatic rings. The van der Waals surface area contributed by atoms with Crippen LogP contribution in [0.4, 0.5) is 0 Å². The Morgan fingerprint density at radius 1 is 1.24 bits per heavy atom. The van der Waals surface area contributed by atoms with E-state index in [-0.39, 0.29) is 0 Å². The summed E-state index contributed by atoms with van der Waals surface area (Å²) in [5.74, 6) is 0.993. The van der Waals surface area contributed by atoms with Crippen LogP contribution in [-0.2, 0) is 17.7 Å². The molecule has 2 heterocycles. The third kappa shape index (κ3) is 5.58. The third-order valence-electron chi connectivity index (χ3n) is 4.54. The lowest BCUT2D eigenvalue weighted by Crippen LogP contribution is -2.36. The first-order valence-electron chi connectivity index (χ1n) is 9.35. The molecule has 0 radical (unpaired) electrons. The predicted octanol–water partition coefficient (Wildman–Crippen LogP) is 2.99. The van der Waals surface area contributed by atoms with Gasteiger partial charge in [-0.05, 0) is 37.4 Å². The number of aryl methyl sites for hydroxylation is 1. The minimum Gasteiger partial charge on any atom is -0.493 e. The largest absolute Gasteiger partial charge is 0.493 e. The van der Waals surface area contributed by atoms with E-state index in [9.17, 15) is 0 Å². The average Bonchev–Trinajstić information content (AvgIpc) is 3.15. The summed E-state index contributed by atoms with van der Waals surface area (Å²) in [6.45, 7) is 8.72. The summed E-state index contributed by atoms with van der Waals surface area (Å²) in [4.78, 5) is 6.64. The van der Waals surface area contributed by atoms with Crippen LogP contribution in [-0.4, -0.2) is 53.9 Å². The fraction of sp³-hybridized carbons (Fsp3) is 0.550. The number of imidazole rings is 1. The topological polar surface area (TPSA) is 39.5 Å². The lowest BCUT2D eigenvalue weighted by atomic mass is 10.0. The van der Waals surface area contributed by atoms with Crippen LogP contribution in [0.1, 0.15) is 30.9 Å². The van der Waals surface area contributed by atoms with Crippen LogP contribution in [0.2, 0.25) is 0 Å². The Bertz CT molecular complexity index is 622. The minimum atomic E-state index is 0.757. The van der Waals surface area contributed by atoms with E-state index in [2.05, 4.69) is 39.6 Å². The number of nitrogens with zero attached hydrogens (tertiary/aromatic N) is 3. The normalized spacial score (nSPS) is 15.4. The summed E-state index contributed by atoms with van der Waals surface area (Å²) >= 11 is 0. The fourth-order valence-electron chi connectivity index (χ4n) is 3.17. The SMILES string of the molecule is CCCOc1ccc(CCCN2CCOCC2)cc1Cn1ccnc1. The molecule has 0 atom stereocenters. The van der Waals surface area contributed by atoms with E-state index in [1.807, 2.05) is 18.7 Å². The second-order valence-electron chi connectivity index (χ2n) is 6.58. The number of aromatic nitrogens is 2. The highest BCUT2D eigenvalue weighted by Gasteiger charge is 2.10. The van der Waals surface area contributed by atoms with Crippen molar-refractivity contribution in [2.75, 3.05) is 39.5 Å². The van der Waals surface area contributed by atoms with Crippen molar-refractivity contribution in [3.8, 4) is 5.75 Å². The van der Waals surface area contributed by atoms with Crippen molar-refractivity contribution >= 4 is 0 Å². The maximum Gasteiger partial charge on any atom is 0.124 e. The van der Waals surface area contributed by atoms with Gasteiger partial charge in [0.2, 0.25) is 0 Å². The Morgan fingerprint density at radius 3 is 2.88 bits per heavy atom.